The molecule has 1 unspecified atom stereocenters. The van der Waals surface area contributed by atoms with E-state index >= 15 is 0 Å². The van der Waals surface area contributed by atoms with Crippen LogP contribution in [0.15, 0.2) is 24.5 Å². The van der Waals surface area contributed by atoms with Crippen molar-refractivity contribution in [1.29, 1.82) is 0 Å². The molecule has 44 valence electrons. The first-order valence-corrected chi connectivity index (χ1v) is 2.76. The van der Waals surface area contributed by atoms with Crippen molar-refractivity contribution in [2.24, 2.45) is 0 Å². The van der Waals surface area contributed by atoms with E-state index in [0.29, 0.717) is 0 Å². The van der Waals surface area contributed by atoms with Crippen molar-refractivity contribution in [3.63, 3.8) is 0 Å². The monoisotopic (exact) mass is 110 g/mol. The summed E-state index contributed by atoms with van der Waals surface area (Å²) in [6.07, 6.45) is 5.00. The Kier molecular flexibility index (Phi) is 1.38. The second-order valence-electron chi connectivity index (χ2n) is 2.08. The van der Waals surface area contributed by atoms with Crippen molar-refractivity contribution in [3.8, 4) is 0 Å². The maximum Gasteiger partial charge on any atom is 0.122 e. The van der Waals surface area contributed by atoms with Gasteiger partial charge in [-0.1, -0.05) is 6.58 Å². The first-order chi connectivity index (χ1) is 3.80. The predicted molar refractivity (Wildman–Crippen MR) is 33.4 cm³/mol. The highest BCUT2D eigenvalue weighted by Gasteiger charge is 2.09. The molecule has 8 heavy (non-hydrogen) atoms. The van der Waals surface area contributed by atoms with Crippen LogP contribution < -0.4 is 0 Å². The number of hydrogen-bond acceptors (Lipinski definition) is 1. The maximum absolute atomic E-state index is 5.13. The molecular weight excluding hydrogens is 100 g/mol. The molecule has 0 spiro atoms. The van der Waals surface area contributed by atoms with Gasteiger partial charge in [-0.25, -0.2) is 0 Å². The quantitative estimate of drug-likeness (QED) is 0.468. The average Bonchev–Trinajstić information content (AvgIpc) is 2.12. The normalized spacial score (nSPS) is 25.4. The zero-order valence-electron chi connectivity index (χ0n) is 5.05. The molecule has 1 nitrogen and oxygen atoms in total. The Hall–Kier alpha value is -0.720. The number of hydrogen-bond donors (Lipinski definition) is 0. The summed E-state index contributed by atoms with van der Waals surface area (Å²) >= 11 is 0. The summed E-state index contributed by atoms with van der Waals surface area (Å²) in [4.78, 5) is 0. The summed E-state index contributed by atoms with van der Waals surface area (Å²) in [6.45, 7) is 5.76. The maximum atomic E-state index is 5.13. The van der Waals surface area contributed by atoms with E-state index in [1.165, 1.54) is 0 Å². The molecular formula is C7H10O. The Morgan fingerprint density at radius 2 is 2.62 bits per heavy atom. The minimum absolute atomic E-state index is 0.259. The summed E-state index contributed by atoms with van der Waals surface area (Å²) < 4.78 is 5.13. The molecule has 0 fully saturated rings. The van der Waals surface area contributed by atoms with E-state index in [4.69, 9.17) is 4.74 Å². The van der Waals surface area contributed by atoms with Crippen molar-refractivity contribution < 1.29 is 4.74 Å². The minimum atomic E-state index is 0.259. The van der Waals surface area contributed by atoms with Gasteiger partial charge >= 0.3 is 0 Å². The lowest BCUT2D eigenvalue weighted by atomic mass is 10.1. The van der Waals surface area contributed by atoms with Gasteiger partial charge in [0.05, 0.1) is 6.26 Å². The van der Waals surface area contributed by atoms with Crippen LogP contribution in [-0.4, -0.2) is 6.10 Å². The van der Waals surface area contributed by atoms with Crippen molar-refractivity contribution in [2.45, 2.75) is 19.4 Å². The SMILES string of the molecule is C=C(C)C1CC=CO1. The summed E-state index contributed by atoms with van der Waals surface area (Å²) in [5.74, 6) is 0. The van der Waals surface area contributed by atoms with Crippen LogP contribution in [0.5, 0.6) is 0 Å². The van der Waals surface area contributed by atoms with Gasteiger partial charge in [-0.15, -0.1) is 0 Å². The molecule has 0 radical (unpaired) electrons. The molecule has 1 atom stereocenters. The molecule has 0 bridgehead atoms. The minimum Gasteiger partial charge on any atom is -0.494 e. The smallest absolute Gasteiger partial charge is 0.122 e. The van der Waals surface area contributed by atoms with Gasteiger partial charge in [0.15, 0.2) is 0 Å². The van der Waals surface area contributed by atoms with Gasteiger partial charge in [-0.3, -0.25) is 0 Å². The zero-order valence-corrected chi connectivity index (χ0v) is 5.05. The van der Waals surface area contributed by atoms with Crippen LogP contribution in [0.3, 0.4) is 0 Å². The predicted octanol–water partition coefficient (Wildman–Crippen LogP) is 1.87. The van der Waals surface area contributed by atoms with Gasteiger partial charge in [0, 0.05) is 6.42 Å². The van der Waals surface area contributed by atoms with Crippen molar-refractivity contribution in [1.82, 2.24) is 0 Å². The Labute approximate surface area is 49.7 Å². The van der Waals surface area contributed by atoms with Crippen LogP contribution in [0.1, 0.15) is 13.3 Å². The second-order valence-corrected chi connectivity index (χ2v) is 2.08. The summed E-state index contributed by atoms with van der Waals surface area (Å²) in [7, 11) is 0. The van der Waals surface area contributed by atoms with Gasteiger partial charge < -0.3 is 4.74 Å². The highest BCUT2D eigenvalue weighted by Crippen LogP contribution is 2.14. The second kappa shape index (κ2) is 2.03. The van der Waals surface area contributed by atoms with E-state index in [2.05, 4.69) is 6.58 Å². The Bertz CT molecular complexity index is 116. The van der Waals surface area contributed by atoms with Crippen LogP contribution in [0.2, 0.25) is 0 Å². The largest absolute Gasteiger partial charge is 0.494 e. The van der Waals surface area contributed by atoms with E-state index in [-0.39, 0.29) is 6.10 Å². The van der Waals surface area contributed by atoms with E-state index in [1.54, 1.807) is 6.26 Å². The topological polar surface area (TPSA) is 9.23 Å². The molecule has 1 heteroatoms. The Balaban J connectivity index is 2.41. The van der Waals surface area contributed by atoms with E-state index < -0.39 is 0 Å². The fourth-order valence-corrected chi connectivity index (χ4v) is 0.702. The van der Waals surface area contributed by atoms with Gasteiger partial charge in [0.2, 0.25) is 0 Å². The summed E-state index contributed by atoms with van der Waals surface area (Å²) in [5, 5.41) is 0. The van der Waals surface area contributed by atoms with Crippen LogP contribution in [0.25, 0.3) is 0 Å². The molecule has 1 aliphatic heterocycles. The Morgan fingerprint density at radius 3 is 2.88 bits per heavy atom. The fourth-order valence-electron chi connectivity index (χ4n) is 0.702. The standard InChI is InChI=1S/C7H10O/c1-6(2)7-4-3-5-8-7/h3,5,7H,1,4H2,2H3. The molecule has 0 aromatic heterocycles. The lowest BCUT2D eigenvalue weighted by molar-refractivity contribution is 0.204. The van der Waals surface area contributed by atoms with Crippen LogP contribution in [-0.2, 0) is 4.74 Å². The molecule has 0 aromatic carbocycles. The van der Waals surface area contributed by atoms with E-state index in [1.807, 2.05) is 13.0 Å². The highest BCUT2D eigenvalue weighted by molar-refractivity contribution is 5.05. The fraction of sp³-hybridized carbons (Fsp3) is 0.429. The van der Waals surface area contributed by atoms with Crippen LogP contribution in [0.4, 0.5) is 0 Å². The summed E-state index contributed by atoms with van der Waals surface area (Å²) in [5.41, 5.74) is 1.11. The van der Waals surface area contributed by atoms with Crippen molar-refractivity contribution >= 4 is 0 Å². The third-order valence-electron chi connectivity index (χ3n) is 1.24. The third-order valence-corrected chi connectivity index (χ3v) is 1.24. The van der Waals surface area contributed by atoms with E-state index in [9.17, 15) is 0 Å². The van der Waals surface area contributed by atoms with Gasteiger partial charge in [0.25, 0.3) is 0 Å². The third kappa shape index (κ3) is 0.915. The molecule has 0 N–H and O–H groups in total. The van der Waals surface area contributed by atoms with Crippen molar-refractivity contribution in [2.75, 3.05) is 0 Å². The highest BCUT2D eigenvalue weighted by atomic mass is 16.5. The number of ether oxygens (including phenoxy) is 1. The van der Waals surface area contributed by atoms with Gasteiger partial charge in [0.1, 0.15) is 6.10 Å². The van der Waals surface area contributed by atoms with Crippen LogP contribution in [0, 0.1) is 0 Å². The summed E-state index contributed by atoms with van der Waals surface area (Å²) in [6, 6.07) is 0. The molecule has 0 saturated heterocycles. The average molecular weight is 110 g/mol. The Morgan fingerprint density at radius 1 is 1.88 bits per heavy atom. The lowest BCUT2D eigenvalue weighted by Crippen LogP contribution is -2.03. The molecule has 1 rings (SSSR count). The first-order valence-electron chi connectivity index (χ1n) is 2.76. The molecule has 0 aliphatic carbocycles. The van der Waals surface area contributed by atoms with Crippen molar-refractivity contribution in [3.05, 3.63) is 24.5 Å². The van der Waals surface area contributed by atoms with E-state index in [0.717, 1.165) is 12.0 Å². The molecule has 0 aromatic rings. The molecule has 1 aliphatic rings. The van der Waals surface area contributed by atoms with Crippen LogP contribution >= 0.6 is 0 Å². The van der Waals surface area contributed by atoms with Gasteiger partial charge in [-0.2, -0.15) is 0 Å². The zero-order chi connectivity index (χ0) is 5.98. The molecule has 1 heterocycles. The molecule has 0 saturated carbocycles. The number of rotatable bonds is 1. The first kappa shape index (κ1) is 5.42. The molecule has 0 amide bonds. The lowest BCUT2D eigenvalue weighted by Gasteiger charge is -2.07. The van der Waals surface area contributed by atoms with Gasteiger partial charge in [-0.05, 0) is 18.6 Å².